The third kappa shape index (κ3) is 3.77. The average Bonchev–Trinajstić information content (AvgIpc) is 2.46. The van der Waals surface area contributed by atoms with Crippen LogP contribution in [-0.2, 0) is 14.3 Å². The minimum atomic E-state index is -2.18. The van der Waals surface area contributed by atoms with E-state index in [0.717, 1.165) is 0 Å². The number of aliphatic hydroxyl groups is 3. The molecule has 8 N–H and O–H groups in total. The lowest BCUT2D eigenvalue weighted by Gasteiger charge is -2.45. The maximum Gasteiger partial charge on any atom is 0.364 e. The lowest BCUT2D eigenvalue weighted by molar-refractivity contribution is -0.305. The molecule has 9 nitrogen and oxygen atoms in total. The summed E-state index contributed by atoms with van der Waals surface area (Å²) in [5, 5.41) is 38.8. The van der Waals surface area contributed by atoms with Crippen molar-refractivity contribution >= 4 is 5.97 Å². The highest BCUT2D eigenvalue weighted by Gasteiger charge is 2.54. The minimum Gasteiger partial charge on any atom is -0.477 e. The van der Waals surface area contributed by atoms with Crippen LogP contribution in [0.1, 0.15) is 6.42 Å². The maximum atomic E-state index is 11.4. The number of rotatable bonds is 7. The van der Waals surface area contributed by atoms with Gasteiger partial charge in [-0.2, -0.15) is 0 Å². The summed E-state index contributed by atoms with van der Waals surface area (Å²) in [5.41, 5.74) is 10.9. The SMILES string of the molecule is C=CCOC1(C(=O)O)CC(O)C(N)C([C@@H](O)[C@H](O)CN)O1. The molecule has 6 atom stereocenters. The van der Waals surface area contributed by atoms with Crippen LogP contribution in [0, 0.1) is 0 Å². The van der Waals surface area contributed by atoms with Crippen molar-refractivity contribution in [3.8, 4) is 0 Å². The number of carboxylic acid groups (broad SMARTS) is 1. The van der Waals surface area contributed by atoms with Gasteiger partial charge in [0.2, 0.25) is 0 Å². The Balaban J connectivity index is 3.03. The summed E-state index contributed by atoms with van der Waals surface area (Å²) < 4.78 is 10.4. The number of ether oxygens (including phenoxy) is 2. The molecule has 0 spiro atoms. The number of aliphatic hydroxyl groups excluding tert-OH is 3. The fraction of sp³-hybridized carbons (Fsp3) is 0.750. The number of hydrogen-bond donors (Lipinski definition) is 6. The molecule has 0 saturated carbocycles. The van der Waals surface area contributed by atoms with Crippen molar-refractivity contribution < 1.29 is 34.7 Å². The smallest absolute Gasteiger partial charge is 0.364 e. The van der Waals surface area contributed by atoms with E-state index >= 15 is 0 Å². The molecule has 1 aliphatic rings. The summed E-state index contributed by atoms with van der Waals surface area (Å²) in [6.07, 6.45) is -4.70. The highest BCUT2D eigenvalue weighted by atomic mass is 16.7. The van der Waals surface area contributed by atoms with E-state index in [0.29, 0.717) is 0 Å². The molecule has 1 heterocycles. The molecule has 0 bridgehead atoms. The molecule has 0 aromatic carbocycles. The quantitative estimate of drug-likeness (QED) is 0.271. The van der Waals surface area contributed by atoms with Gasteiger partial charge in [0.05, 0.1) is 24.9 Å². The molecule has 1 aliphatic heterocycles. The summed E-state index contributed by atoms with van der Waals surface area (Å²) in [7, 11) is 0. The number of carboxylic acids is 1. The van der Waals surface area contributed by atoms with Gasteiger partial charge >= 0.3 is 5.97 Å². The third-order valence-corrected chi connectivity index (χ3v) is 3.36. The highest BCUT2D eigenvalue weighted by molar-refractivity contribution is 5.76. The van der Waals surface area contributed by atoms with Gasteiger partial charge in [-0.3, -0.25) is 0 Å². The van der Waals surface area contributed by atoms with Gasteiger partial charge in [0.15, 0.2) is 0 Å². The van der Waals surface area contributed by atoms with Gasteiger partial charge < -0.3 is 41.4 Å². The number of carbonyl (C=O) groups is 1. The zero-order chi connectivity index (χ0) is 16.2. The third-order valence-electron chi connectivity index (χ3n) is 3.36. The Labute approximate surface area is 121 Å². The molecule has 0 aromatic heterocycles. The standard InChI is InChI=1S/C12H22N2O7/c1-2-3-20-12(11(18)19)4-6(15)8(14)10(21-12)9(17)7(16)5-13/h2,6-10,15-17H,1,3-5,13-14H2,(H,18,19)/t6?,7-,8?,9+,10?,12?/m1/s1. The van der Waals surface area contributed by atoms with Crippen LogP contribution in [-0.4, -0.2) is 75.8 Å². The first-order valence-corrected chi connectivity index (χ1v) is 6.45. The van der Waals surface area contributed by atoms with Crippen molar-refractivity contribution in [1.29, 1.82) is 0 Å². The predicted molar refractivity (Wildman–Crippen MR) is 71.1 cm³/mol. The van der Waals surface area contributed by atoms with Gasteiger partial charge in [-0.15, -0.1) is 6.58 Å². The van der Waals surface area contributed by atoms with Gasteiger partial charge in [-0.25, -0.2) is 4.79 Å². The maximum absolute atomic E-state index is 11.4. The second-order valence-electron chi connectivity index (χ2n) is 4.88. The van der Waals surface area contributed by atoms with Crippen molar-refractivity contribution in [3.63, 3.8) is 0 Å². The normalized spacial score (nSPS) is 36.0. The summed E-state index contributed by atoms with van der Waals surface area (Å²) in [6, 6.07) is -1.10. The minimum absolute atomic E-state index is 0.142. The van der Waals surface area contributed by atoms with Crippen LogP contribution >= 0.6 is 0 Å². The van der Waals surface area contributed by atoms with Crippen LogP contribution in [0.15, 0.2) is 12.7 Å². The molecule has 9 heteroatoms. The first-order valence-electron chi connectivity index (χ1n) is 6.45. The lowest BCUT2D eigenvalue weighted by atomic mass is 9.89. The highest BCUT2D eigenvalue weighted by Crippen LogP contribution is 2.32. The fourth-order valence-corrected chi connectivity index (χ4v) is 2.12. The van der Waals surface area contributed by atoms with Crippen LogP contribution in [0.2, 0.25) is 0 Å². The molecule has 0 aromatic rings. The van der Waals surface area contributed by atoms with E-state index in [1.165, 1.54) is 6.08 Å². The summed E-state index contributed by atoms with van der Waals surface area (Å²) in [5.74, 6) is -3.65. The summed E-state index contributed by atoms with van der Waals surface area (Å²) in [4.78, 5) is 11.4. The van der Waals surface area contributed by atoms with Crippen LogP contribution in [0.3, 0.4) is 0 Å². The monoisotopic (exact) mass is 306 g/mol. The number of aliphatic carboxylic acids is 1. The molecular weight excluding hydrogens is 284 g/mol. The predicted octanol–water partition coefficient (Wildman–Crippen LogP) is -2.87. The van der Waals surface area contributed by atoms with Gasteiger partial charge in [0.25, 0.3) is 5.79 Å². The zero-order valence-electron chi connectivity index (χ0n) is 11.5. The van der Waals surface area contributed by atoms with Gasteiger partial charge in [-0.1, -0.05) is 6.08 Å². The van der Waals surface area contributed by atoms with Crippen molar-refractivity contribution in [3.05, 3.63) is 12.7 Å². The van der Waals surface area contributed by atoms with E-state index in [1.807, 2.05) is 0 Å². The van der Waals surface area contributed by atoms with Gasteiger partial charge in [0.1, 0.15) is 12.2 Å². The second kappa shape index (κ2) is 7.27. The molecule has 0 amide bonds. The molecule has 122 valence electrons. The molecule has 1 rings (SSSR count). The molecule has 1 fully saturated rings. The first-order chi connectivity index (χ1) is 9.79. The van der Waals surface area contributed by atoms with E-state index in [4.69, 9.17) is 20.9 Å². The largest absolute Gasteiger partial charge is 0.477 e. The zero-order valence-corrected chi connectivity index (χ0v) is 11.5. The molecule has 21 heavy (non-hydrogen) atoms. The fourth-order valence-electron chi connectivity index (χ4n) is 2.12. The van der Waals surface area contributed by atoms with Crippen LogP contribution in [0.25, 0.3) is 0 Å². The number of hydrogen-bond acceptors (Lipinski definition) is 8. The van der Waals surface area contributed by atoms with E-state index in [2.05, 4.69) is 6.58 Å². The molecule has 0 aliphatic carbocycles. The van der Waals surface area contributed by atoms with E-state index < -0.39 is 48.6 Å². The first kappa shape index (κ1) is 18.0. The Kier molecular flexibility index (Phi) is 6.23. The van der Waals surface area contributed by atoms with Crippen molar-refractivity contribution in [2.24, 2.45) is 11.5 Å². The number of nitrogens with two attached hydrogens (primary N) is 2. The van der Waals surface area contributed by atoms with E-state index in [-0.39, 0.29) is 13.2 Å². The van der Waals surface area contributed by atoms with Crippen molar-refractivity contribution in [2.45, 2.75) is 42.7 Å². The molecule has 4 unspecified atom stereocenters. The Morgan fingerprint density at radius 2 is 2.19 bits per heavy atom. The van der Waals surface area contributed by atoms with Gasteiger partial charge in [0, 0.05) is 13.0 Å². The van der Waals surface area contributed by atoms with Crippen LogP contribution in [0.5, 0.6) is 0 Å². The summed E-state index contributed by atoms with van der Waals surface area (Å²) in [6.45, 7) is 2.98. The van der Waals surface area contributed by atoms with Gasteiger partial charge in [-0.05, 0) is 0 Å². The Morgan fingerprint density at radius 3 is 2.67 bits per heavy atom. The Bertz CT molecular complexity index is 381. The summed E-state index contributed by atoms with van der Waals surface area (Å²) >= 11 is 0. The van der Waals surface area contributed by atoms with Crippen molar-refractivity contribution in [1.82, 2.24) is 0 Å². The van der Waals surface area contributed by atoms with E-state index in [1.54, 1.807) is 0 Å². The topological polar surface area (TPSA) is 168 Å². The Morgan fingerprint density at radius 1 is 1.57 bits per heavy atom. The second-order valence-corrected chi connectivity index (χ2v) is 4.88. The van der Waals surface area contributed by atoms with Crippen molar-refractivity contribution in [2.75, 3.05) is 13.2 Å². The molecular formula is C12H22N2O7. The van der Waals surface area contributed by atoms with Crippen LogP contribution in [0.4, 0.5) is 0 Å². The van der Waals surface area contributed by atoms with E-state index in [9.17, 15) is 25.2 Å². The molecule has 1 saturated heterocycles. The molecule has 0 radical (unpaired) electrons. The van der Waals surface area contributed by atoms with Crippen LogP contribution < -0.4 is 11.5 Å². The average molecular weight is 306 g/mol. The lowest BCUT2D eigenvalue weighted by Crippen LogP contribution is -2.66. The Hall–Kier alpha value is -1.07.